The van der Waals surface area contributed by atoms with E-state index >= 15 is 0 Å². The number of nitrogens with zero attached hydrogens (tertiary/aromatic N) is 3. The SMILES string of the molecule is CC.CN(CCN1CCCc2cc([N+](=O)[O-])cc(F)c21)C(=O)Oc1ccccc1. The van der Waals surface area contributed by atoms with Crippen molar-refractivity contribution in [1.82, 2.24) is 4.90 Å². The average Bonchev–Trinajstić information content (AvgIpc) is 2.73. The molecule has 0 bridgehead atoms. The number of aryl methyl sites for hydroxylation is 1. The Hall–Kier alpha value is -3.16. The molecular weight excluding hydrogens is 377 g/mol. The van der Waals surface area contributed by atoms with Crippen molar-refractivity contribution < 1.29 is 18.8 Å². The fraction of sp³-hybridized carbons (Fsp3) is 0.381. The van der Waals surface area contributed by atoms with Gasteiger partial charge in [-0.1, -0.05) is 32.0 Å². The van der Waals surface area contributed by atoms with Crippen LogP contribution in [0.3, 0.4) is 0 Å². The van der Waals surface area contributed by atoms with Crippen LogP contribution in [0.25, 0.3) is 0 Å². The molecule has 0 aliphatic carbocycles. The van der Waals surface area contributed by atoms with Gasteiger partial charge in [-0.15, -0.1) is 0 Å². The largest absolute Gasteiger partial charge is 0.415 e. The molecule has 0 spiro atoms. The number of anilines is 1. The highest BCUT2D eigenvalue weighted by Crippen LogP contribution is 2.33. The number of ether oxygens (including phenoxy) is 1. The van der Waals surface area contributed by atoms with Crippen molar-refractivity contribution in [1.29, 1.82) is 0 Å². The molecule has 0 saturated carbocycles. The first-order chi connectivity index (χ1) is 14.0. The lowest BCUT2D eigenvalue weighted by Gasteiger charge is -2.32. The van der Waals surface area contributed by atoms with Gasteiger partial charge in [0.25, 0.3) is 5.69 Å². The van der Waals surface area contributed by atoms with Crippen LogP contribution in [-0.2, 0) is 6.42 Å². The molecule has 3 rings (SSSR count). The van der Waals surface area contributed by atoms with E-state index in [9.17, 15) is 19.3 Å². The van der Waals surface area contributed by atoms with Crippen LogP contribution in [0.2, 0.25) is 0 Å². The number of carbonyl (C=O) groups excluding carboxylic acids is 1. The Morgan fingerprint density at radius 1 is 1.28 bits per heavy atom. The third kappa shape index (κ3) is 5.66. The van der Waals surface area contributed by atoms with Gasteiger partial charge in [0, 0.05) is 32.7 Å². The van der Waals surface area contributed by atoms with Crippen molar-refractivity contribution in [2.75, 3.05) is 31.6 Å². The van der Waals surface area contributed by atoms with Crippen LogP contribution in [-0.4, -0.2) is 42.6 Å². The molecule has 0 aromatic heterocycles. The maximum Gasteiger partial charge on any atom is 0.415 e. The van der Waals surface area contributed by atoms with Gasteiger partial charge in [0.05, 0.1) is 16.7 Å². The number of fused-ring (bicyclic) bond motifs is 1. The second kappa shape index (κ2) is 10.4. The number of amides is 1. The number of likely N-dealkylation sites (N-methyl/N-ethyl adjacent to an activating group) is 1. The highest BCUT2D eigenvalue weighted by Gasteiger charge is 2.25. The molecular formula is C21H26FN3O4. The van der Waals surface area contributed by atoms with Crippen molar-refractivity contribution >= 4 is 17.5 Å². The Labute approximate surface area is 169 Å². The van der Waals surface area contributed by atoms with Crippen LogP contribution < -0.4 is 9.64 Å². The molecule has 2 aromatic rings. The minimum Gasteiger partial charge on any atom is -0.410 e. The average molecular weight is 403 g/mol. The quantitative estimate of drug-likeness (QED) is 0.537. The molecule has 0 atom stereocenters. The van der Waals surface area contributed by atoms with Crippen molar-refractivity contribution in [3.05, 3.63) is 64.0 Å². The second-order valence-corrected chi connectivity index (χ2v) is 6.39. The number of carbonyl (C=O) groups is 1. The van der Waals surface area contributed by atoms with Gasteiger partial charge in [-0.3, -0.25) is 10.1 Å². The summed E-state index contributed by atoms with van der Waals surface area (Å²) < 4.78 is 19.7. The summed E-state index contributed by atoms with van der Waals surface area (Å²) in [5, 5.41) is 10.9. The zero-order valence-corrected chi connectivity index (χ0v) is 16.9. The summed E-state index contributed by atoms with van der Waals surface area (Å²) >= 11 is 0. The third-order valence-corrected chi connectivity index (χ3v) is 4.49. The first-order valence-electron chi connectivity index (χ1n) is 9.65. The van der Waals surface area contributed by atoms with Gasteiger partial charge in [0.15, 0.2) is 5.82 Å². The minimum atomic E-state index is -0.603. The van der Waals surface area contributed by atoms with E-state index in [4.69, 9.17) is 4.74 Å². The normalized spacial score (nSPS) is 12.3. The van der Waals surface area contributed by atoms with E-state index in [0.717, 1.165) is 12.5 Å². The Bertz CT molecular complexity index is 845. The summed E-state index contributed by atoms with van der Waals surface area (Å²) in [6.07, 6.45) is 0.866. The molecule has 156 valence electrons. The van der Waals surface area contributed by atoms with Crippen LogP contribution in [0.1, 0.15) is 25.8 Å². The highest BCUT2D eigenvalue weighted by atomic mass is 19.1. The Morgan fingerprint density at radius 2 is 1.97 bits per heavy atom. The molecule has 29 heavy (non-hydrogen) atoms. The maximum atomic E-state index is 14.5. The summed E-state index contributed by atoms with van der Waals surface area (Å²) in [6.45, 7) is 5.37. The van der Waals surface area contributed by atoms with Crippen molar-refractivity contribution in [2.24, 2.45) is 0 Å². The number of non-ortho nitro benzene ring substituents is 1. The van der Waals surface area contributed by atoms with Crippen LogP contribution in [0, 0.1) is 15.9 Å². The van der Waals surface area contributed by atoms with E-state index in [2.05, 4.69) is 0 Å². The van der Waals surface area contributed by atoms with Gasteiger partial charge in [-0.05, 0) is 30.5 Å². The van der Waals surface area contributed by atoms with Gasteiger partial charge in [-0.25, -0.2) is 9.18 Å². The van der Waals surface area contributed by atoms with E-state index in [0.29, 0.717) is 43.1 Å². The monoisotopic (exact) mass is 403 g/mol. The van der Waals surface area contributed by atoms with Gasteiger partial charge in [0.2, 0.25) is 0 Å². The molecule has 1 aliphatic rings. The topological polar surface area (TPSA) is 75.9 Å². The molecule has 7 nitrogen and oxygen atoms in total. The van der Waals surface area contributed by atoms with Crippen LogP contribution in [0.15, 0.2) is 42.5 Å². The maximum absolute atomic E-state index is 14.5. The molecule has 0 unspecified atom stereocenters. The van der Waals surface area contributed by atoms with E-state index in [-0.39, 0.29) is 5.69 Å². The van der Waals surface area contributed by atoms with Gasteiger partial charge < -0.3 is 14.5 Å². The van der Waals surface area contributed by atoms with Crippen LogP contribution in [0.5, 0.6) is 5.75 Å². The van der Waals surface area contributed by atoms with Crippen molar-refractivity contribution in [3.8, 4) is 5.75 Å². The number of hydrogen-bond donors (Lipinski definition) is 0. The van der Waals surface area contributed by atoms with Crippen molar-refractivity contribution in [2.45, 2.75) is 26.7 Å². The number of halogens is 1. The van der Waals surface area contributed by atoms with Crippen LogP contribution in [0.4, 0.5) is 20.6 Å². The van der Waals surface area contributed by atoms with Crippen molar-refractivity contribution in [3.63, 3.8) is 0 Å². The molecule has 0 fully saturated rings. The zero-order chi connectivity index (χ0) is 21.4. The Kier molecular flexibility index (Phi) is 7.94. The smallest absolute Gasteiger partial charge is 0.410 e. The fourth-order valence-electron chi connectivity index (χ4n) is 3.12. The van der Waals surface area contributed by atoms with E-state index < -0.39 is 16.8 Å². The highest BCUT2D eigenvalue weighted by molar-refractivity contribution is 5.70. The molecule has 2 aromatic carbocycles. The molecule has 8 heteroatoms. The number of rotatable bonds is 5. The van der Waals surface area contributed by atoms with Gasteiger partial charge >= 0.3 is 6.09 Å². The van der Waals surface area contributed by atoms with E-state index in [1.807, 2.05) is 24.8 Å². The lowest BCUT2D eigenvalue weighted by Crippen LogP contribution is -2.40. The number of nitro benzene ring substituents is 1. The van der Waals surface area contributed by atoms with E-state index in [1.165, 1.54) is 11.0 Å². The van der Waals surface area contributed by atoms with Gasteiger partial charge in [-0.2, -0.15) is 0 Å². The molecule has 1 aliphatic heterocycles. The molecule has 0 N–H and O–H groups in total. The Morgan fingerprint density at radius 3 is 2.62 bits per heavy atom. The van der Waals surface area contributed by atoms with E-state index in [1.54, 1.807) is 31.3 Å². The summed E-state index contributed by atoms with van der Waals surface area (Å²) in [6, 6.07) is 11.1. The summed E-state index contributed by atoms with van der Waals surface area (Å²) in [4.78, 5) is 25.7. The number of para-hydroxylation sites is 1. The van der Waals surface area contributed by atoms with Gasteiger partial charge in [0.1, 0.15) is 5.75 Å². The lowest BCUT2D eigenvalue weighted by atomic mass is 10.0. The second-order valence-electron chi connectivity index (χ2n) is 6.39. The fourth-order valence-corrected chi connectivity index (χ4v) is 3.12. The Balaban J connectivity index is 0.00000145. The summed E-state index contributed by atoms with van der Waals surface area (Å²) in [5.74, 6) is -0.149. The molecule has 1 heterocycles. The number of nitro groups is 1. The zero-order valence-electron chi connectivity index (χ0n) is 16.9. The molecule has 0 radical (unpaired) electrons. The minimum absolute atomic E-state index is 0.239. The first kappa shape index (κ1) is 22.1. The number of hydrogen-bond acceptors (Lipinski definition) is 5. The summed E-state index contributed by atoms with van der Waals surface area (Å²) in [7, 11) is 1.61. The molecule has 0 saturated heterocycles. The molecule has 1 amide bonds. The third-order valence-electron chi connectivity index (χ3n) is 4.49. The predicted octanol–water partition coefficient (Wildman–Crippen LogP) is 4.64. The first-order valence-corrected chi connectivity index (χ1v) is 9.65. The van der Waals surface area contributed by atoms with Crippen LogP contribution >= 0.6 is 0 Å². The summed E-state index contributed by atoms with van der Waals surface area (Å²) in [5.41, 5.74) is 0.774. The lowest BCUT2D eigenvalue weighted by molar-refractivity contribution is -0.385. The number of benzene rings is 2. The predicted molar refractivity (Wildman–Crippen MR) is 110 cm³/mol. The standard InChI is InChI=1S/C19H20FN3O4.C2H6/c1-21(19(24)27-16-7-3-2-4-8-16)10-11-22-9-5-6-14-12-15(23(25)26)13-17(20)18(14)22;1-2/h2-4,7-8,12-13H,5-6,9-11H2,1H3;1-2H3.